The quantitative estimate of drug-likeness (QED) is 0.759. The predicted octanol–water partition coefficient (Wildman–Crippen LogP) is 3.36. The molecule has 2 rings (SSSR count). The molecule has 6 heteroatoms. The molecule has 0 bridgehead atoms. The number of piperidine rings is 1. The molecule has 0 saturated carbocycles. The van der Waals surface area contributed by atoms with Gasteiger partial charge in [0.05, 0.1) is 5.92 Å². The van der Waals surface area contributed by atoms with E-state index in [2.05, 4.69) is 10.2 Å². The minimum atomic E-state index is 0.0531. The number of rotatable bonds is 7. The molecule has 1 heterocycles. The van der Waals surface area contributed by atoms with Gasteiger partial charge in [0.25, 0.3) is 0 Å². The van der Waals surface area contributed by atoms with Crippen LogP contribution in [0, 0.1) is 5.92 Å². The van der Waals surface area contributed by atoms with Crippen molar-refractivity contribution in [3.63, 3.8) is 0 Å². The van der Waals surface area contributed by atoms with E-state index in [1.807, 2.05) is 12.1 Å². The predicted molar refractivity (Wildman–Crippen MR) is 94.0 cm³/mol. The minimum Gasteiger partial charge on any atom is -0.385 e. The molecule has 1 fully saturated rings. The summed E-state index contributed by atoms with van der Waals surface area (Å²) in [5, 5.41) is 4.33. The molecular weight excluding hydrogens is 335 g/mol. The highest BCUT2D eigenvalue weighted by atomic mass is 35.5. The van der Waals surface area contributed by atoms with Gasteiger partial charge in [-0.1, -0.05) is 29.3 Å². The zero-order valence-electron chi connectivity index (χ0n) is 13.5. The summed E-state index contributed by atoms with van der Waals surface area (Å²) in [5.41, 5.74) is 1.05. The summed E-state index contributed by atoms with van der Waals surface area (Å²) >= 11 is 12.2. The lowest BCUT2D eigenvalue weighted by molar-refractivity contribution is -0.126. The fourth-order valence-corrected chi connectivity index (χ4v) is 3.34. The number of methoxy groups -OCH3 is 1. The van der Waals surface area contributed by atoms with Gasteiger partial charge in [-0.15, -0.1) is 0 Å². The number of nitrogens with one attached hydrogen (secondary N) is 1. The first-order valence-corrected chi connectivity index (χ1v) is 8.78. The van der Waals surface area contributed by atoms with Crippen LogP contribution in [0.5, 0.6) is 0 Å². The van der Waals surface area contributed by atoms with Gasteiger partial charge in [-0.05, 0) is 43.5 Å². The normalized spacial score (nSPS) is 18.8. The lowest BCUT2D eigenvalue weighted by Crippen LogP contribution is -2.43. The van der Waals surface area contributed by atoms with Crippen LogP contribution < -0.4 is 5.32 Å². The molecule has 1 amide bonds. The molecule has 1 aromatic carbocycles. The molecule has 1 atom stereocenters. The van der Waals surface area contributed by atoms with Crippen LogP contribution in [0.25, 0.3) is 0 Å². The van der Waals surface area contributed by atoms with E-state index in [9.17, 15) is 4.79 Å². The molecule has 1 N–H and O–H groups in total. The zero-order valence-corrected chi connectivity index (χ0v) is 15.0. The van der Waals surface area contributed by atoms with E-state index in [0.29, 0.717) is 23.2 Å². The summed E-state index contributed by atoms with van der Waals surface area (Å²) in [4.78, 5) is 14.5. The molecule has 0 spiro atoms. The summed E-state index contributed by atoms with van der Waals surface area (Å²) in [6, 6.07) is 5.58. The molecule has 1 saturated heterocycles. The number of carbonyl (C=O) groups excluding carboxylic acids is 1. The standard InChI is InChI=1S/C17H24Cl2N2O2/c1-23-9-3-7-20-17(22)14-4-2-8-21(12-14)11-13-5-6-15(18)10-16(13)19/h5-6,10,14H,2-4,7-9,11-12H2,1H3,(H,20,22)/t14-/m1/s1. The molecule has 1 aliphatic rings. The number of carbonyl (C=O) groups is 1. The van der Waals surface area contributed by atoms with Crippen molar-refractivity contribution in [3.05, 3.63) is 33.8 Å². The lowest BCUT2D eigenvalue weighted by Gasteiger charge is -2.32. The van der Waals surface area contributed by atoms with E-state index in [1.54, 1.807) is 13.2 Å². The van der Waals surface area contributed by atoms with Crippen molar-refractivity contribution in [2.75, 3.05) is 33.4 Å². The van der Waals surface area contributed by atoms with Crippen molar-refractivity contribution in [1.29, 1.82) is 0 Å². The largest absolute Gasteiger partial charge is 0.385 e. The molecule has 128 valence electrons. The van der Waals surface area contributed by atoms with Crippen LogP contribution in [0.3, 0.4) is 0 Å². The Bertz CT molecular complexity index is 525. The third-order valence-electron chi connectivity index (χ3n) is 4.11. The van der Waals surface area contributed by atoms with E-state index < -0.39 is 0 Å². The number of benzene rings is 1. The number of hydrogen-bond acceptors (Lipinski definition) is 3. The molecule has 0 aromatic heterocycles. The second-order valence-corrected chi connectivity index (χ2v) is 6.79. The number of amides is 1. The van der Waals surface area contributed by atoms with E-state index in [4.69, 9.17) is 27.9 Å². The molecule has 23 heavy (non-hydrogen) atoms. The lowest BCUT2D eigenvalue weighted by atomic mass is 9.96. The summed E-state index contributed by atoms with van der Waals surface area (Å²) in [6.07, 6.45) is 2.82. The van der Waals surface area contributed by atoms with Gasteiger partial charge in [-0.3, -0.25) is 9.69 Å². The highest BCUT2D eigenvalue weighted by Gasteiger charge is 2.25. The minimum absolute atomic E-state index is 0.0531. The van der Waals surface area contributed by atoms with Gasteiger partial charge in [-0.25, -0.2) is 0 Å². The number of ether oxygens (including phenoxy) is 1. The first-order valence-electron chi connectivity index (χ1n) is 8.03. The van der Waals surface area contributed by atoms with Gasteiger partial charge in [0, 0.05) is 43.4 Å². The summed E-state index contributed by atoms with van der Waals surface area (Å²) < 4.78 is 4.99. The van der Waals surface area contributed by atoms with Gasteiger partial charge in [0.2, 0.25) is 5.91 Å². The van der Waals surface area contributed by atoms with Crippen molar-refractivity contribution in [1.82, 2.24) is 10.2 Å². The van der Waals surface area contributed by atoms with Crippen molar-refractivity contribution < 1.29 is 9.53 Å². The third-order valence-corrected chi connectivity index (χ3v) is 4.70. The number of nitrogens with zero attached hydrogens (tertiary/aromatic N) is 1. The number of likely N-dealkylation sites (tertiary alicyclic amines) is 1. The van der Waals surface area contributed by atoms with E-state index >= 15 is 0 Å². The number of hydrogen-bond donors (Lipinski definition) is 1. The Morgan fingerprint density at radius 1 is 1.43 bits per heavy atom. The molecule has 0 radical (unpaired) electrons. The Balaban J connectivity index is 1.84. The second kappa shape index (κ2) is 9.48. The van der Waals surface area contributed by atoms with Gasteiger partial charge in [-0.2, -0.15) is 0 Å². The average molecular weight is 359 g/mol. The van der Waals surface area contributed by atoms with Crippen LogP contribution in [-0.2, 0) is 16.1 Å². The van der Waals surface area contributed by atoms with Gasteiger partial charge in [0.1, 0.15) is 0 Å². The van der Waals surface area contributed by atoms with E-state index in [-0.39, 0.29) is 11.8 Å². The molecule has 1 aromatic rings. The molecule has 1 aliphatic heterocycles. The second-order valence-electron chi connectivity index (χ2n) is 5.95. The van der Waals surface area contributed by atoms with E-state index in [0.717, 1.165) is 44.5 Å². The highest BCUT2D eigenvalue weighted by molar-refractivity contribution is 6.35. The van der Waals surface area contributed by atoms with Crippen LogP contribution in [0.2, 0.25) is 10.0 Å². The molecule has 0 unspecified atom stereocenters. The first kappa shape index (κ1) is 18.5. The molecule has 0 aliphatic carbocycles. The fourth-order valence-electron chi connectivity index (χ4n) is 2.88. The Morgan fingerprint density at radius 2 is 2.26 bits per heavy atom. The monoisotopic (exact) mass is 358 g/mol. The smallest absolute Gasteiger partial charge is 0.224 e. The average Bonchev–Trinajstić information content (AvgIpc) is 2.54. The molecular formula is C17H24Cl2N2O2. The van der Waals surface area contributed by atoms with Gasteiger partial charge >= 0.3 is 0 Å². The summed E-state index contributed by atoms with van der Waals surface area (Å²) in [5.74, 6) is 0.199. The Morgan fingerprint density at radius 3 is 3.00 bits per heavy atom. The van der Waals surface area contributed by atoms with Crippen molar-refractivity contribution in [3.8, 4) is 0 Å². The third kappa shape index (κ3) is 5.96. The van der Waals surface area contributed by atoms with Crippen molar-refractivity contribution in [2.24, 2.45) is 5.92 Å². The summed E-state index contributed by atoms with van der Waals surface area (Å²) in [7, 11) is 1.67. The number of halogens is 2. The Hall–Kier alpha value is -0.810. The van der Waals surface area contributed by atoms with E-state index in [1.165, 1.54) is 0 Å². The zero-order chi connectivity index (χ0) is 16.7. The highest BCUT2D eigenvalue weighted by Crippen LogP contribution is 2.24. The Labute approximate surface area is 148 Å². The van der Waals surface area contributed by atoms with Crippen LogP contribution in [-0.4, -0.2) is 44.2 Å². The maximum Gasteiger partial charge on any atom is 0.224 e. The van der Waals surface area contributed by atoms with Crippen LogP contribution in [0.4, 0.5) is 0 Å². The van der Waals surface area contributed by atoms with Gasteiger partial charge in [0.15, 0.2) is 0 Å². The summed E-state index contributed by atoms with van der Waals surface area (Å²) in [6.45, 7) is 3.86. The van der Waals surface area contributed by atoms with Gasteiger partial charge < -0.3 is 10.1 Å². The topological polar surface area (TPSA) is 41.6 Å². The van der Waals surface area contributed by atoms with Crippen molar-refractivity contribution >= 4 is 29.1 Å². The molecule has 4 nitrogen and oxygen atoms in total. The van der Waals surface area contributed by atoms with Crippen LogP contribution >= 0.6 is 23.2 Å². The maximum absolute atomic E-state index is 12.2. The van der Waals surface area contributed by atoms with Crippen molar-refractivity contribution in [2.45, 2.75) is 25.8 Å². The fraction of sp³-hybridized carbons (Fsp3) is 0.588. The van der Waals surface area contributed by atoms with Crippen LogP contribution in [0.1, 0.15) is 24.8 Å². The van der Waals surface area contributed by atoms with Crippen LogP contribution in [0.15, 0.2) is 18.2 Å². The SMILES string of the molecule is COCCCNC(=O)[C@@H]1CCCN(Cc2ccc(Cl)cc2Cl)C1. The maximum atomic E-state index is 12.2. The first-order chi connectivity index (χ1) is 11.1. The Kier molecular flexibility index (Phi) is 7.63.